The smallest absolute Gasteiger partial charge is 0.368 e. The van der Waals surface area contributed by atoms with Gasteiger partial charge in [-0.25, -0.2) is 14.6 Å². The summed E-state index contributed by atoms with van der Waals surface area (Å²) in [5.74, 6) is -0.577. The van der Waals surface area contributed by atoms with E-state index in [9.17, 15) is 22.8 Å². The maximum absolute atomic E-state index is 12.8. The Morgan fingerprint density at radius 3 is 2.59 bits per heavy atom. The standard InChI is InChI=1S/C17H17F3N6O2S/c1-9(2)13-10-6-12(23-8-17(18,19)20)29-14(10)15(28)26(25-13)7-11(27)24-16-21-4-3-5-22-16/h3-6,9,23H,7-8H2,1-2H3,(H,21,22,24,27). The molecule has 0 radical (unpaired) electrons. The van der Waals surface area contributed by atoms with Crippen LogP contribution in [-0.2, 0) is 11.3 Å². The summed E-state index contributed by atoms with van der Waals surface area (Å²) in [5.41, 5.74) is -0.0433. The number of nitrogens with one attached hydrogen (secondary N) is 2. The summed E-state index contributed by atoms with van der Waals surface area (Å²) in [6.07, 6.45) is -1.47. The molecule has 3 rings (SSSR count). The highest BCUT2D eigenvalue weighted by atomic mass is 32.1. The summed E-state index contributed by atoms with van der Waals surface area (Å²) in [5, 5.41) is 9.69. The van der Waals surface area contributed by atoms with Crippen molar-refractivity contribution in [2.24, 2.45) is 0 Å². The van der Waals surface area contributed by atoms with Crippen LogP contribution in [0.15, 0.2) is 29.3 Å². The van der Waals surface area contributed by atoms with Crippen molar-refractivity contribution in [3.63, 3.8) is 0 Å². The number of halogens is 3. The molecule has 0 fully saturated rings. The molecule has 0 saturated heterocycles. The normalized spacial score (nSPS) is 11.8. The van der Waals surface area contributed by atoms with Crippen LogP contribution in [0.5, 0.6) is 0 Å². The Kier molecular flexibility index (Phi) is 5.82. The molecule has 0 spiro atoms. The summed E-state index contributed by atoms with van der Waals surface area (Å²) in [6, 6.07) is 3.07. The Morgan fingerprint density at radius 2 is 1.97 bits per heavy atom. The highest BCUT2D eigenvalue weighted by molar-refractivity contribution is 7.22. The number of carbonyl (C=O) groups is 1. The van der Waals surface area contributed by atoms with Crippen molar-refractivity contribution in [1.82, 2.24) is 19.7 Å². The molecule has 3 heterocycles. The lowest BCUT2D eigenvalue weighted by Gasteiger charge is -2.11. The molecule has 0 aromatic carbocycles. The van der Waals surface area contributed by atoms with Gasteiger partial charge in [-0.15, -0.1) is 11.3 Å². The minimum Gasteiger partial charge on any atom is -0.368 e. The van der Waals surface area contributed by atoms with Gasteiger partial charge in [0.2, 0.25) is 11.9 Å². The van der Waals surface area contributed by atoms with Crippen LogP contribution in [0.4, 0.5) is 24.1 Å². The van der Waals surface area contributed by atoms with Crippen molar-refractivity contribution in [3.8, 4) is 0 Å². The lowest BCUT2D eigenvalue weighted by molar-refractivity contribution is -0.117. The fraction of sp³-hybridized carbons (Fsp3) is 0.353. The average molecular weight is 426 g/mol. The fourth-order valence-corrected chi connectivity index (χ4v) is 3.57. The summed E-state index contributed by atoms with van der Waals surface area (Å²) >= 11 is 0.901. The molecule has 3 aromatic heterocycles. The molecule has 2 N–H and O–H groups in total. The number of fused-ring (bicyclic) bond motifs is 1. The molecule has 0 atom stereocenters. The third-order valence-corrected chi connectivity index (χ3v) is 4.87. The molecule has 0 saturated carbocycles. The minimum absolute atomic E-state index is 0.0884. The van der Waals surface area contributed by atoms with Crippen molar-refractivity contribution in [2.75, 3.05) is 17.2 Å². The van der Waals surface area contributed by atoms with Crippen LogP contribution < -0.4 is 16.2 Å². The van der Waals surface area contributed by atoms with Crippen LogP contribution in [0.2, 0.25) is 0 Å². The molecule has 1 amide bonds. The van der Waals surface area contributed by atoms with Crippen molar-refractivity contribution in [2.45, 2.75) is 32.5 Å². The number of rotatable bonds is 6. The number of aromatic nitrogens is 4. The van der Waals surface area contributed by atoms with Gasteiger partial charge >= 0.3 is 6.18 Å². The highest BCUT2D eigenvalue weighted by Crippen LogP contribution is 2.32. The van der Waals surface area contributed by atoms with Crippen molar-refractivity contribution in [3.05, 3.63) is 40.6 Å². The van der Waals surface area contributed by atoms with Gasteiger partial charge in [0.25, 0.3) is 5.56 Å². The fourth-order valence-electron chi connectivity index (χ4n) is 2.56. The molecule has 12 heteroatoms. The Bertz CT molecular complexity index is 1080. The van der Waals surface area contributed by atoms with Gasteiger partial charge < -0.3 is 5.32 Å². The Labute approximate surface area is 166 Å². The van der Waals surface area contributed by atoms with E-state index in [2.05, 4.69) is 25.7 Å². The summed E-state index contributed by atoms with van der Waals surface area (Å²) < 4.78 is 38.7. The van der Waals surface area contributed by atoms with E-state index >= 15 is 0 Å². The number of carbonyl (C=O) groups excluding carboxylic acids is 1. The highest BCUT2D eigenvalue weighted by Gasteiger charge is 2.27. The zero-order valence-electron chi connectivity index (χ0n) is 15.4. The van der Waals surface area contributed by atoms with E-state index in [4.69, 9.17) is 0 Å². The van der Waals surface area contributed by atoms with Gasteiger partial charge in [0.1, 0.15) is 17.8 Å². The number of alkyl halides is 3. The van der Waals surface area contributed by atoms with Gasteiger partial charge in [-0.1, -0.05) is 13.8 Å². The van der Waals surface area contributed by atoms with Crippen LogP contribution in [0, 0.1) is 0 Å². The number of nitrogens with zero attached hydrogens (tertiary/aromatic N) is 4. The Hall–Kier alpha value is -3.02. The molecule has 0 aliphatic heterocycles. The Balaban J connectivity index is 1.92. The van der Waals surface area contributed by atoms with Crippen LogP contribution in [-0.4, -0.2) is 38.4 Å². The number of thiophene rings is 1. The third-order valence-electron chi connectivity index (χ3n) is 3.79. The average Bonchev–Trinajstić information content (AvgIpc) is 3.07. The molecule has 0 unspecified atom stereocenters. The number of amides is 1. The zero-order valence-corrected chi connectivity index (χ0v) is 16.3. The number of hydrogen-bond acceptors (Lipinski definition) is 7. The van der Waals surface area contributed by atoms with E-state index in [0.29, 0.717) is 11.1 Å². The molecule has 0 aliphatic rings. The van der Waals surface area contributed by atoms with Gasteiger partial charge in [-0.2, -0.15) is 18.3 Å². The van der Waals surface area contributed by atoms with E-state index in [1.165, 1.54) is 18.5 Å². The predicted molar refractivity (Wildman–Crippen MR) is 103 cm³/mol. The second kappa shape index (κ2) is 8.15. The van der Waals surface area contributed by atoms with E-state index < -0.39 is 24.2 Å². The largest absolute Gasteiger partial charge is 0.405 e. The molecule has 8 nitrogen and oxygen atoms in total. The van der Waals surface area contributed by atoms with Gasteiger partial charge in [0.15, 0.2) is 0 Å². The zero-order chi connectivity index (χ0) is 21.2. The van der Waals surface area contributed by atoms with E-state index in [1.807, 2.05) is 13.8 Å². The molecule has 3 aromatic rings. The molecule has 0 aliphatic carbocycles. The first-order chi connectivity index (χ1) is 13.6. The summed E-state index contributed by atoms with van der Waals surface area (Å²) in [7, 11) is 0. The Morgan fingerprint density at radius 1 is 1.28 bits per heavy atom. The first-order valence-corrected chi connectivity index (χ1v) is 9.38. The number of anilines is 2. The maximum atomic E-state index is 12.8. The quantitative estimate of drug-likeness (QED) is 0.628. The third kappa shape index (κ3) is 5.08. The van der Waals surface area contributed by atoms with Crippen molar-refractivity contribution in [1.29, 1.82) is 0 Å². The number of hydrogen-bond donors (Lipinski definition) is 2. The summed E-state index contributed by atoms with van der Waals surface area (Å²) in [4.78, 5) is 32.7. The second-order valence-electron chi connectivity index (χ2n) is 6.45. The van der Waals surface area contributed by atoms with Crippen LogP contribution >= 0.6 is 11.3 Å². The monoisotopic (exact) mass is 426 g/mol. The molecular weight excluding hydrogens is 409 g/mol. The molecular formula is C17H17F3N6O2S. The van der Waals surface area contributed by atoms with Crippen molar-refractivity contribution >= 4 is 38.3 Å². The lowest BCUT2D eigenvalue weighted by Crippen LogP contribution is -2.30. The van der Waals surface area contributed by atoms with Gasteiger partial charge in [-0.3, -0.25) is 14.9 Å². The van der Waals surface area contributed by atoms with Crippen LogP contribution in [0.3, 0.4) is 0 Å². The van der Waals surface area contributed by atoms with Crippen LogP contribution in [0.1, 0.15) is 25.5 Å². The minimum atomic E-state index is -4.38. The van der Waals surface area contributed by atoms with Gasteiger partial charge in [0.05, 0.1) is 10.7 Å². The maximum Gasteiger partial charge on any atom is 0.405 e. The van der Waals surface area contributed by atoms with E-state index in [0.717, 1.165) is 16.0 Å². The predicted octanol–water partition coefficient (Wildman–Crippen LogP) is 2.98. The van der Waals surface area contributed by atoms with Gasteiger partial charge in [-0.05, 0) is 18.1 Å². The van der Waals surface area contributed by atoms with Crippen molar-refractivity contribution < 1.29 is 18.0 Å². The first kappa shape index (κ1) is 20.7. The SMILES string of the molecule is CC(C)c1nn(CC(=O)Nc2ncccn2)c(=O)c2sc(NCC(F)(F)F)cc12. The van der Waals surface area contributed by atoms with E-state index in [1.54, 1.807) is 6.07 Å². The second-order valence-corrected chi connectivity index (χ2v) is 7.50. The van der Waals surface area contributed by atoms with Crippen LogP contribution in [0.25, 0.3) is 10.1 Å². The topological polar surface area (TPSA) is 102 Å². The first-order valence-electron chi connectivity index (χ1n) is 8.56. The lowest BCUT2D eigenvalue weighted by atomic mass is 10.1. The summed E-state index contributed by atoms with van der Waals surface area (Å²) in [6.45, 7) is 2.10. The molecule has 154 valence electrons. The molecule has 29 heavy (non-hydrogen) atoms. The van der Waals surface area contributed by atoms with Gasteiger partial charge in [0, 0.05) is 17.8 Å². The molecule has 0 bridgehead atoms. The van der Waals surface area contributed by atoms with E-state index in [-0.39, 0.29) is 28.1 Å².